The van der Waals surface area contributed by atoms with Crippen molar-refractivity contribution >= 4 is 34.9 Å². The molecule has 0 atom stereocenters. The average Bonchev–Trinajstić information content (AvgIpc) is 2.56. The molecular formula is C13H17ClN2S. The zero-order valence-corrected chi connectivity index (χ0v) is 12.0. The molecule has 17 heavy (non-hydrogen) atoms. The molecule has 92 valence electrons. The van der Waals surface area contributed by atoms with Gasteiger partial charge < -0.3 is 9.55 Å². The molecule has 1 aromatic carbocycles. The molecule has 1 N–H and O–H groups in total. The SMILES string of the molecule is CCCC(C)(C)n1c(=S)[nH]c2cccc(Cl)c21. The third-order valence-corrected chi connectivity index (χ3v) is 3.71. The van der Waals surface area contributed by atoms with Crippen molar-refractivity contribution in [2.75, 3.05) is 0 Å². The fourth-order valence-corrected chi connectivity index (χ4v) is 3.12. The van der Waals surface area contributed by atoms with Gasteiger partial charge in [-0.15, -0.1) is 0 Å². The van der Waals surface area contributed by atoms with Gasteiger partial charge in [-0.05, 0) is 44.6 Å². The number of hydrogen-bond donors (Lipinski definition) is 1. The van der Waals surface area contributed by atoms with Crippen LogP contribution >= 0.6 is 23.8 Å². The van der Waals surface area contributed by atoms with E-state index in [1.807, 2.05) is 18.2 Å². The van der Waals surface area contributed by atoms with Crippen LogP contribution in [0.2, 0.25) is 5.02 Å². The predicted octanol–water partition coefficient (Wildman–Crippen LogP) is 4.89. The molecule has 0 aliphatic rings. The second-order valence-electron chi connectivity index (χ2n) is 4.96. The van der Waals surface area contributed by atoms with Crippen molar-refractivity contribution in [2.24, 2.45) is 0 Å². The molecule has 0 amide bonds. The number of hydrogen-bond acceptors (Lipinski definition) is 1. The molecule has 1 aromatic heterocycles. The first-order chi connectivity index (χ1) is 7.97. The zero-order chi connectivity index (χ0) is 12.6. The summed E-state index contributed by atoms with van der Waals surface area (Å²) in [7, 11) is 0. The van der Waals surface area contributed by atoms with Crippen molar-refractivity contribution in [3.05, 3.63) is 28.0 Å². The van der Waals surface area contributed by atoms with E-state index in [9.17, 15) is 0 Å². The molecule has 0 aliphatic carbocycles. The molecule has 0 aliphatic heterocycles. The van der Waals surface area contributed by atoms with Crippen molar-refractivity contribution in [1.29, 1.82) is 0 Å². The minimum absolute atomic E-state index is 0.0188. The van der Waals surface area contributed by atoms with Crippen molar-refractivity contribution in [3.8, 4) is 0 Å². The van der Waals surface area contributed by atoms with Crippen LogP contribution in [0, 0.1) is 4.77 Å². The molecule has 2 rings (SSSR count). The zero-order valence-electron chi connectivity index (χ0n) is 10.4. The van der Waals surface area contributed by atoms with E-state index in [1.165, 1.54) is 0 Å². The minimum atomic E-state index is -0.0188. The lowest BCUT2D eigenvalue weighted by Crippen LogP contribution is -2.26. The van der Waals surface area contributed by atoms with E-state index < -0.39 is 0 Å². The summed E-state index contributed by atoms with van der Waals surface area (Å²) in [5.41, 5.74) is 2.00. The van der Waals surface area contributed by atoms with Crippen LogP contribution < -0.4 is 0 Å². The molecule has 4 heteroatoms. The molecule has 0 bridgehead atoms. The Hall–Kier alpha value is -0.800. The van der Waals surface area contributed by atoms with E-state index in [2.05, 4.69) is 30.3 Å². The van der Waals surface area contributed by atoms with Crippen molar-refractivity contribution < 1.29 is 0 Å². The smallest absolute Gasteiger partial charge is 0.178 e. The molecule has 0 radical (unpaired) electrons. The lowest BCUT2D eigenvalue weighted by atomic mass is 9.98. The largest absolute Gasteiger partial charge is 0.331 e. The number of fused-ring (bicyclic) bond motifs is 1. The highest BCUT2D eigenvalue weighted by atomic mass is 35.5. The maximum atomic E-state index is 6.29. The molecular weight excluding hydrogens is 252 g/mol. The van der Waals surface area contributed by atoms with Gasteiger partial charge in [-0.3, -0.25) is 0 Å². The summed E-state index contributed by atoms with van der Waals surface area (Å²) in [5, 5.41) is 0.749. The van der Waals surface area contributed by atoms with Crippen LogP contribution in [0.4, 0.5) is 0 Å². The number of aromatic nitrogens is 2. The lowest BCUT2D eigenvalue weighted by Gasteiger charge is -2.27. The van der Waals surface area contributed by atoms with Crippen LogP contribution in [0.25, 0.3) is 11.0 Å². The number of nitrogens with one attached hydrogen (secondary N) is 1. The summed E-state index contributed by atoms with van der Waals surface area (Å²) >= 11 is 11.7. The normalized spacial score (nSPS) is 12.2. The standard InChI is InChI=1S/C13H17ClN2S/c1-4-8-13(2,3)16-11-9(14)6-5-7-10(11)15-12(16)17/h5-7H,4,8H2,1-3H3,(H,15,17). The van der Waals surface area contributed by atoms with Gasteiger partial charge in [0, 0.05) is 5.54 Å². The molecule has 0 unspecified atom stereocenters. The first-order valence-electron chi connectivity index (χ1n) is 5.87. The first kappa shape index (κ1) is 12.7. The van der Waals surface area contributed by atoms with Crippen LogP contribution in [0.15, 0.2) is 18.2 Å². The molecule has 0 saturated heterocycles. The molecule has 0 spiro atoms. The van der Waals surface area contributed by atoms with Crippen LogP contribution in [0.3, 0.4) is 0 Å². The van der Waals surface area contributed by atoms with Crippen LogP contribution in [0.5, 0.6) is 0 Å². The van der Waals surface area contributed by atoms with Crippen LogP contribution in [-0.2, 0) is 5.54 Å². The van der Waals surface area contributed by atoms with Gasteiger partial charge in [0.2, 0.25) is 0 Å². The minimum Gasteiger partial charge on any atom is -0.331 e. The molecule has 0 fully saturated rings. The molecule has 2 aromatic rings. The number of aromatic amines is 1. The van der Waals surface area contributed by atoms with Gasteiger partial charge >= 0.3 is 0 Å². The summed E-state index contributed by atoms with van der Waals surface area (Å²) in [4.78, 5) is 3.23. The number of H-pyrrole nitrogens is 1. The van der Waals surface area contributed by atoms with E-state index in [0.717, 1.165) is 33.7 Å². The van der Waals surface area contributed by atoms with E-state index in [0.29, 0.717) is 0 Å². The van der Waals surface area contributed by atoms with Gasteiger partial charge in [-0.1, -0.05) is 31.0 Å². The highest BCUT2D eigenvalue weighted by molar-refractivity contribution is 7.71. The Morgan fingerprint density at radius 1 is 1.41 bits per heavy atom. The molecule has 2 nitrogen and oxygen atoms in total. The molecule has 0 saturated carbocycles. The van der Waals surface area contributed by atoms with Crippen molar-refractivity contribution in [2.45, 2.75) is 39.2 Å². The van der Waals surface area contributed by atoms with Crippen molar-refractivity contribution in [1.82, 2.24) is 9.55 Å². The van der Waals surface area contributed by atoms with Crippen molar-refractivity contribution in [3.63, 3.8) is 0 Å². The second-order valence-corrected chi connectivity index (χ2v) is 5.76. The number of halogens is 1. The number of imidazole rings is 1. The van der Waals surface area contributed by atoms with Gasteiger partial charge in [0.15, 0.2) is 4.77 Å². The fourth-order valence-electron chi connectivity index (χ4n) is 2.42. The average molecular weight is 269 g/mol. The monoisotopic (exact) mass is 268 g/mol. The van der Waals surface area contributed by atoms with Gasteiger partial charge in [-0.2, -0.15) is 0 Å². The highest BCUT2D eigenvalue weighted by Crippen LogP contribution is 2.31. The number of rotatable bonds is 3. The highest BCUT2D eigenvalue weighted by Gasteiger charge is 2.23. The van der Waals surface area contributed by atoms with Crippen LogP contribution in [-0.4, -0.2) is 9.55 Å². The number of nitrogens with zero attached hydrogens (tertiary/aromatic N) is 1. The Bertz CT molecular complexity index is 595. The first-order valence-corrected chi connectivity index (χ1v) is 6.65. The fraction of sp³-hybridized carbons (Fsp3) is 0.462. The second kappa shape index (κ2) is 4.46. The van der Waals surface area contributed by atoms with E-state index >= 15 is 0 Å². The van der Waals surface area contributed by atoms with E-state index in [4.69, 9.17) is 23.8 Å². The quantitative estimate of drug-likeness (QED) is 0.786. The van der Waals surface area contributed by atoms with Gasteiger partial charge in [0.1, 0.15) is 0 Å². The summed E-state index contributed by atoms with van der Waals surface area (Å²) in [5.74, 6) is 0. The Labute approximate surface area is 112 Å². The van der Waals surface area contributed by atoms with Gasteiger partial charge in [-0.25, -0.2) is 0 Å². The topological polar surface area (TPSA) is 20.7 Å². The van der Waals surface area contributed by atoms with Crippen LogP contribution in [0.1, 0.15) is 33.6 Å². The Balaban J connectivity index is 2.77. The number of benzene rings is 1. The third kappa shape index (κ3) is 2.14. The third-order valence-electron chi connectivity index (χ3n) is 3.12. The summed E-state index contributed by atoms with van der Waals surface area (Å²) < 4.78 is 2.88. The Kier molecular flexibility index (Phi) is 3.32. The van der Waals surface area contributed by atoms with Gasteiger partial charge in [0.25, 0.3) is 0 Å². The Morgan fingerprint density at radius 3 is 2.76 bits per heavy atom. The summed E-state index contributed by atoms with van der Waals surface area (Å²) in [6.45, 7) is 6.58. The Morgan fingerprint density at radius 2 is 2.12 bits per heavy atom. The maximum Gasteiger partial charge on any atom is 0.178 e. The lowest BCUT2D eigenvalue weighted by molar-refractivity contribution is 0.330. The van der Waals surface area contributed by atoms with E-state index in [1.54, 1.807) is 0 Å². The summed E-state index contributed by atoms with van der Waals surface area (Å²) in [6, 6.07) is 5.85. The predicted molar refractivity (Wildman–Crippen MR) is 76.4 cm³/mol. The number of para-hydroxylation sites is 1. The maximum absolute atomic E-state index is 6.29. The van der Waals surface area contributed by atoms with Gasteiger partial charge in [0.05, 0.1) is 16.1 Å². The summed E-state index contributed by atoms with van der Waals surface area (Å²) in [6.07, 6.45) is 2.19. The van der Waals surface area contributed by atoms with E-state index in [-0.39, 0.29) is 5.54 Å². The molecule has 1 heterocycles.